The van der Waals surface area contributed by atoms with E-state index in [-0.39, 0.29) is 0 Å². The Kier molecular flexibility index (Phi) is 1.95. The molecule has 0 amide bonds. The molecule has 2 fully saturated rings. The molecule has 1 saturated heterocycles. The smallest absolute Gasteiger partial charge is 0.00385 e. The van der Waals surface area contributed by atoms with Crippen molar-refractivity contribution in [3.8, 4) is 0 Å². The van der Waals surface area contributed by atoms with Crippen LogP contribution in [0.4, 0.5) is 0 Å². The number of rotatable bonds is 1. The first-order valence-electron chi connectivity index (χ1n) is 5.38. The van der Waals surface area contributed by atoms with Gasteiger partial charge in [0.2, 0.25) is 0 Å². The molecule has 1 aliphatic carbocycles. The fourth-order valence-corrected chi connectivity index (χ4v) is 2.73. The first kappa shape index (κ1) is 8.55. The van der Waals surface area contributed by atoms with E-state index < -0.39 is 0 Å². The summed E-state index contributed by atoms with van der Waals surface area (Å²) in [7, 11) is 0. The summed E-state index contributed by atoms with van der Waals surface area (Å²) in [5.74, 6) is 1.03. The largest absolute Gasteiger partial charge is 0.301 e. The van der Waals surface area contributed by atoms with Crippen LogP contribution in [0.1, 0.15) is 40.0 Å². The molecule has 0 aromatic heterocycles. The molecular formula is C11H21N. The molecule has 0 N–H and O–H groups in total. The van der Waals surface area contributed by atoms with Gasteiger partial charge in [0.15, 0.2) is 0 Å². The average Bonchev–Trinajstić information content (AvgIpc) is 2.62. The van der Waals surface area contributed by atoms with Crippen LogP contribution in [0.15, 0.2) is 0 Å². The van der Waals surface area contributed by atoms with Gasteiger partial charge in [0.25, 0.3) is 0 Å². The van der Waals surface area contributed by atoms with E-state index in [1.165, 1.54) is 32.4 Å². The zero-order valence-electron chi connectivity index (χ0n) is 8.64. The van der Waals surface area contributed by atoms with Crippen molar-refractivity contribution < 1.29 is 0 Å². The van der Waals surface area contributed by atoms with E-state index in [2.05, 4.69) is 25.7 Å². The molecule has 1 aliphatic heterocycles. The van der Waals surface area contributed by atoms with Gasteiger partial charge in [-0.25, -0.2) is 0 Å². The van der Waals surface area contributed by atoms with Gasteiger partial charge in [-0.1, -0.05) is 6.92 Å². The minimum absolute atomic E-state index is 0.761. The molecule has 2 rings (SSSR count). The highest BCUT2D eigenvalue weighted by atomic mass is 15.2. The topological polar surface area (TPSA) is 3.24 Å². The maximum Gasteiger partial charge on any atom is 0.00385 e. The standard InChI is InChI=1S/C11H21N/c1-9(2)12-6-4-11(5-7-12)8-10(11)3/h9-10H,4-8H2,1-3H3. The molecule has 0 aromatic rings. The summed E-state index contributed by atoms with van der Waals surface area (Å²) in [6.45, 7) is 9.75. The number of likely N-dealkylation sites (tertiary alicyclic amines) is 1. The van der Waals surface area contributed by atoms with Gasteiger partial charge in [-0.15, -0.1) is 0 Å². The fraction of sp³-hybridized carbons (Fsp3) is 1.00. The second-order valence-electron chi connectivity index (χ2n) is 5.10. The maximum atomic E-state index is 2.62. The molecule has 0 bridgehead atoms. The number of piperidine rings is 1. The van der Waals surface area contributed by atoms with Gasteiger partial charge < -0.3 is 4.90 Å². The Morgan fingerprint density at radius 2 is 1.75 bits per heavy atom. The zero-order valence-corrected chi connectivity index (χ0v) is 8.64. The Morgan fingerprint density at radius 1 is 1.25 bits per heavy atom. The monoisotopic (exact) mass is 167 g/mol. The third-order valence-corrected chi connectivity index (χ3v) is 4.12. The summed E-state index contributed by atoms with van der Waals surface area (Å²) in [5, 5.41) is 0. The van der Waals surface area contributed by atoms with E-state index >= 15 is 0 Å². The Labute approximate surface area is 76.1 Å². The van der Waals surface area contributed by atoms with Crippen LogP contribution in [0.3, 0.4) is 0 Å². The van der Waals surface area contributed by atoms with E-state index in [0.717, 1.165) is 17.4 Å². The SMILES string of the molecule is CC(C)N1CCC2(CC1)CC2C. The van der Waals surface area contributed by atoms with Crippen molar-refractivity contribution in [3.63, 3.8) is 0 Å². The van der Waals surface area contributed by atoms with Crippen molar-refractivity contribution in [3.05, 3.63) is 0 Å². The normalized spacial score (nSPS) is 34.5. The summed E-state index contributed by atoms with van der Waals surface area (Å²) in [6.07, 6.45) is 4.44. The van der Waals surface area contributed by atoms with Crippen LogP contribution < -0.4 is 0 Å². The Morgan fingerprint density at radius 3 is 2.08 bits per heavy atom. The van der Waals surface area contributed by atoms with Gasteiger partial charge in [0, 0.05) is 6.04 Å². The van der Waals surface area contributed by atoms with Gasteiger partial charge in [0.05, 0.1) is 0 Å². The summed E-state index contributed by atoms with van der Waals surface area (Å²) >= 11 is 0. The quantitative estimate of drug-likeness (QED) is 0.580. The first-order valence-corrected chi connectivity index (χ1v) is 5.38. The van der Waals surface area contributed by atoms with Crippen LogP contribution in [0.5, 0.6) is 0 Å². The molecular weight excluding hydrogens is 146 g/mol. The molecule has 1 nitrogen and oxygen atoms in total. The Bertz CT molecular complexity index is 166. The summed E-state index contributed by atoms with van der Waals surface area (Å²) in [6, 6.07) is 0.761. The van der Waals surface area contributed by atoms with Crippen LogP contribution in [0.2, 0.25) is 0 Å². The molecule has 1 saturated carbocycles. The van der Waals surface area contributed by atoms with E-state index in [9.17, 15) is 0 Å². The average molecular weight is 167 g/mol. The Balaban J connectivity index is 1.86. The molecule has 0 aromatic carbocycles. The van der Waals surface area contributed by atoms with Crippen LogP contribution in [0.25, 0.3) is 0 Å². The van der Waals surface area contributed by atoms with E-state index in [0.29, 0.717) is 0 Å². The summed E-state index contributed by atoms with van der Waals surface area (Å²) < 4.78 is 0. The molecule has 1 spiro atoms. The molecule has 12 heavy (non-hydrogen) atoms. The summed E-state index contributed by atoms with van der Waals surface area (Å²) in [5.41, 5.74) is 0.811. The van der Waals surface area contributed by atoms with Gasteiger partial charge >= 0.3 is 0 Å². The minimum atomic E-state index is 0.761. The number of nitrogens with zero attached hydrogens (tertiary/aromatic N) is 1. The second kappa shape index (κ2) is 2.73. The predicted molar refractivity (Wildman–Crippen MR) is 52.2 cm³/mol. The molecule has 2 aliphatic rings. The molecule has 1 heterocycles. The highest BCUT2D eigenvalue weighted by Gasteiger charge is 2.51. The van der Waals surface area contributed by atoms with Crippen LogP contribution in [-0.4, -0.2) is 24.0 Å². The van der Waals surface area contributed by atoms with E-state index in [4.69, 9.17) is 0 Å². The predicted octanol–water partition coefficient (Wildman–Crippen LogP) is 2.52. The van der Waals surface area contributed by atoms with Crippen LogP contribution in [-0.2, 0) is 0 Å². The van der Waals surface area contributed by atoms with E-state index in [1.807, 2.05) is 0 Å². The fourth-order valence-electron chi connectivity index (χ4n) is 2.73. The van der Waals surface area contributed by atoms with Crippen molar-refractivity contribution in [2.75, 3.05) is 13.1 Å². The van der Waals surface area contributed by atoms with Crippen molar-refractivity contribution >= 4 is 0 Å². The third-order valence-electron chi connectivity index (χ3n) is 4.12. The lowest BCUT2D eigenvalue weighted by atomic mass is 9.91. The lowest BCUT2D eigenvalue weighted by Gasteiger charge is -2.35. The molecule has 1 unspecified atom stereocenters. The van der Waals surface area contributed by atoms with E-state index in [1.54, 1.807) is 0 Å². The van der Waals surface area contributed by atoms with Gasteiger partial charge in [-0.05, 0) is 57.5 Å². The lowest BCUT2D eigenvalue weighted by Crippen LogP contribution is -2.39. The van der Waals surface area contributed by atoms with Crippen molar-refractivity contribution in [2.24, 2.45) is 11.3 Å². The highest BCUT2D eigenvalue weighted by molar-refractivity contribution is 5.02. The minimum Gasteiger partial charge on any atom is -0.301 e. The second-order valence-corrected chi connectivity index (χ2v) is 5.10. The van der Waals surface area contributed by atoms with Gasteiger partial charge in [-0.2, -0.15) is 0 Å². The van der Waals surface area contributed by atoms with Crippen LogP contribution >= 0.6 is 0 Å². The maximum absolute atomic E-state index is 2.62. The third kappa shape index (κ3) is 1.28. The molecule has 70 valence electrons. The molecule has 1 heteroatoms. The Hall–Kier alpha value is -0.0400. The molecule has 0 radical (unpaired) electrons. The highest BCUT2D eigenvalue weighted by Crippen LogP contribution is 2.58. The molecule has 1 atom stereocenters. The lowest BCUT2D eigenvalue weighted by molar-refractivity contribution is 0.133. The van der Waals surface area contributed by atoms with Crippen LogP contribution in [0, 0.1) is 11.3 Å². The number of hydrogen-bond donors (Lipinski definition) is 0. The first-order chi connectivity index (χ1) is 5.64. The number of hydrogen-bond acceptors (Lipinski definition) is 1. The van der Waals surface area contributed by atoms with Crippen molar-refractivity contribution in [1.29, 1.82) is 0 Å². The van der Waals surface area contributed by atoms with Gasteiger partial charge in [-0.3, -0.25) is 0 Å². The summed E-state index contributed by atoms with van der Waals surface area (Å²) in [4.78, 5) is 2.62. The van der Waals surface area contributed by atoms with Crippen molar-refractivity contribution in [1.82, 2.24) is 4.90 Å². The van der Waals surface area contributed by atoms with Crippen molar-refractivity contribution in [2.45, 2.75) is 46.1 Å². The zero-order chi connectivity index (χ0) is 8.77. The van der Waals surface area contributed by atoms with Gasteiger partial charge in [0.1, 0.15) is 0 Å².